The fourth-order valence-electron chi connectivity index (χ4n) is 1.19. The first-order chi connectivity index (χ1) is 7.25. The van der Waals surface area contributed by atoms with Crippen molar-refractivity contribution in [3.8, 4) is 0 Å². The zero-order valence-electron chi connectivity index (χ0n) is 8.20. The van der Waals surface area contributed by atoms with Crippen LogP contribution in [0.1, 0.15) is 11.5 Å². The summed E-state index contributed by atoms with van der Waals surface area (Å²) in [4.78, 5) is 4.18. The number of hydrogen-bond acceptors (Lipinski definition) is 4. The Bertz CT molecular complexity index is 455. The number of hydrogen-bond donors (Lipinski definition) is 1. The molecule has 15 heavy (non-hydrogen) atoms. The number of aryl methyl sites for hydroxylation is 1. The molecule has 0 aromatic carbocycles. The molecule has 0 radical (unpaired) electrons. The first-order valence-electron chi connectivity index (χ1n) is 4.52. The summed E-state index contributed by atoms with van der Waals surface area (Å²) in [6, 6.07) is 5.69. The van der Waals surface area contributed by atoms with Crippen LogP contribution in [-0.4, -0.2) is 10.1 Å². The summed E-state index contributed by atoms with van der Waals surface area (Å²) >= 11 is 3.40. The summed E-state index contributed by atoms with van der Waals surface area (Å²) in [7, 11) is 0. The zero-order valence-corrected chi connectivity index (χ0v) is 9.78. The topological polar surface area (TPSA) is 51.0 Å². The molecule has 2 aromatic rings. The molecule has 2 heterocycles. The van der Waals surface area contributed by atoms with Gasteiger partial charge in [0.2, 0.25) is 0 Å². The van der Waals surface area contributed by atoms with Crippen molar-refractivity contribution in [1.29, 1.82) is 0 Å². The number of nitrogens with zero attached hydrogens (tertiary/aromatic N) is 2. The van der Waals surface area contributed by atoms with Gasteiger partial charge in [0.1, 0.15) is 5.82 Å². The molecule has 1 N–H and O–H groups in total. The molecule has 0 spiro atoms. The van der Waals surface area contributed by atoms with Crippen molar-refractivity contribution in [3.63, 3.8) is 0 Å². The Kier molecular flexibility index (Phi) is 3.01. The van der Waals surface area contributed by atoms with E-state index < -0.39 is 0 Å². The number of pyridine rings is 1. The van der Waals surface area contributed by atoms with Crippen LogP contribution in [-0.2, 0) is 6.54 Å². The van der Waals surface area contributed by atoms with Gasteiger partial charge in [0.05, 0.1) is 16.7 Å². The molecule has 5 heteroatoms. The number of aromatic nitrogens is 2. The lowest BCUT2D eigenvalue weighted by atomic mass is 10.4. The van der Waals surface area contributed by atoms with Crippen LogP contribution in [0.4, 0.5) is 5.82 Å². The van der Waals surface area contributed by atoms with E-state index in [1.54, 1.807) is 6.20 Å². The van der Waals surface area contributed by atoms with Gasteiger partial charge in [0.15, 0.2) is 5.76 Å². The quantitative estimate of drug-likeness (QED) is 0.929. The van der Waals surface area contributed by atoms with Crippen molar-refractivity contribution in [2.75, 3.05) is 5.32 Å². The van der Waals surface area contributed by atoms with Crippen LogP contribution in [0.3, 0.4) is 0 Å². The summed E-state index contributed by atoms with van der Waals surface area (Å²) in [6.45, 7) is 2.47. The van der Waals surface area contributed by atoms with E-state index in [-0.39, 0.29) is 0 Å². The first kappa shape index (κ1) is 10.2. The SMILES string of the molecule is Cc1cc(CNc2ncccc2Br)on1. The summed E-state index contributed by atoms with van der Waals surface area (Å²) in [5.74, 6) is 1.59. The number of nitrogens with one attached hydrogen (secondary N) is 1. The van der Waals surface area contributed by atoms with Crippen molar-refractivity contribution in [2.24, 2.45) is 0 Å². The molecule has 0 atom stereocenters. The van der Waals surface area contributed by atoms with Gasteiger partial charge in [0, 0.05) is 12.3 Å². The molecule has 2 aromatic heterocycles. The third-order valence-corrected chi connectivity index (χ3v) is 2.51. The molecule has 0 fully saturated rings. The molecular formula is C10H10BrN3O. The summed E-state index contributed by atoms with van der Waals surface area (Å²) in [6.07, 6.45) is 1.73. The van der Waals surface area contributed by atoms with E-state index in [9.17, 15) is 0 Å². The molecular weight excluding hydrogens is 258 g/mol. The van der Waals surface area contributed by atoms with E-state index in [0.29, 0.717) is 6.54 Å². The highest BCUT2D eigenvalue weighted by atomic mass is 79.9. The highest BCUT2D eigenvalue weighted by molar-refractivity contribution is 9.10. The summed E-state index contributed by atoms with van der Waals surface area (Å²) in [5, 5.41) is 6.96. The van der Waals surface area contributed by atoms with Gasteiger partial charge in [-0.3, -0.25) is 0 Å². The standard InChI is InChI=1S/C10H10BrN3O/c1-7-5-8(15-14-7)6-13-10-9(11)3-2-4-12-10/h2-5H,6H2,1H3,(H,12,13). The summed E-state index contributed by atoms with van der Waals surface area (Å²) < 4.78 is 6.00. The number of halogens is 1. The Labute approximate surface area is 95.8 Å². The molecule has 4 nitrogen and oxygen atoms in total. The van der Waals surface area contributed by atoms with Crippen molar-refractivity contribution >= 4 is 21.7 Å². The predicted molar refractivity (Wildman–Crippen MR) is 60.5 cm³/mol. The predicted octanol–water partition coefficient (Wildman–Crippen LogP) is 2.75. The molecule has 0 saturated carbocycles. The second-order valence-electron chi connectivity index (χ2n) is 3.12. The largest absolute Gasteiger partial charge is 0.362 e. The average molecular weight is 268 g/mol. The van der Waals surface area contributed by atoms with Crippen LogP contribution in [0.2, 0.25) is 0 Å². The van der Waals surface area contributed by atoms with Gasteiger partial charge in [0.25, 0.3) is 0 Å². The van der Waals surface area contributed by atoms with Crippen LogP contribution in [0, 0.1) is 6.92 Å². The van der Waals surface area contributed by atoms with Crippen molar-refractivity contribution in [2.45, 2.75) is 13.5 Å². The number of rotatable bonds is 3. The Balaban J connectivity index is 2.02. The molecule has 0 unspecified atom stereocenters. The average Bonchev–Trinajstić information content (AvgIpc) is 2.63. The van der Waals surface area contributed by atoms with Crippen LogP contribution >= 0.6 is 15.9 Å². The van der Waals surface area contributed by atoms with Crippen molar-refractivity contribution < 1.29 is 4.52 Å². The lowest BCUT2D eigenvalue weighted by Crippen LogP contribution is -2.00. The van der Waals surface area contributed by atoms with E-state index in [2.05, 4.69) is 31.4 Å². The normalized spacial score (nSPS) is 10.3. The maximum atomic E-state index is 5.07. The second kappa shape index (κ2) is 4.44. The van der Waals surface area contributed by atoms with Crippen molar-refractivity contribution in [3.05, 3.63) is 40.3 Å². The fraction of sp³-hybridized carbons (Fsp3) is 0.200. The Morgan fingerprint density at radius 2 is 2.40 bits per heavy atom. The second-order valence-corrected chi connectivity index (χ2v) is 3.98. The zero-order chi connectivity index (χ0) is 10.7. The Hall–Kier alpha value is -1.36. The lowest BCUT2D eigenvalue weighted by molar-refractivity contribution is 0.384. The fourth-order valence-corrected chi connectivity index (χ4v) is 1.58. The van der Waals surface area contributed by atoms with Crippen molar-refractivity contribution in [1.82, 2.24) is 10.1 Å². The monoisotopic (exact) mass is 267 g/mol. The lowest BCUT2D eigenvalue weighted by Gasteiger charge is -2.03. The minimum absolute atomic E-state index is 0.580. The minimum Gasteiger partial charge on any atom is -0.362 e. The van der Waals surface area contributed by atoms with E-state index >= 15 is 0 Å². The van der Waals surface area contributed by atoms with E-state index in [0.717, 1.165) is 21.7 Å². The first-order valence-corrected chi connectivity index (χ1v) is 5.31. The molecule has 0 aliphatic rings. The van der Waals surface area contributed by atoms with Gasteiger partial charge in [-0.2, -0.15) is 0 Å². The maximum absolute atomic E-state index is 5.07. The minimum atomic E-state index is 0.580. The van der Waals surface area contributed by atoms with Crippen LogP contribution < -0.4 is 5.32 Å². The Morgan fingerprint density at radius 1 is 1.53 bits per heavy atom. The number of anilines is 1. The highest BCUT2D eigenvalue weighted by Crippen LogP contribution is 2.18. The smallest absolute Gasteiger partial charge is 0.156 e. The van der Waals surface area contributed by atoms with E-state index in [4.69, 9.17) is 4.52 Å². The van der Waals surface area contributed by atoms with Gasteiger partial charge in [-0.1, -0.05) is 5.16 Å². The van der Waals surface area contributed by atoms with Gasteiger partial charge in [-0.05, 0) is 35.0 Å². The summed E-state index contributed by atoms with van der Waals surface area (Å²) in [5.41, 5.74) is 0.881. The molecule has 0 amide bonds. The molecule has 0 saturated heterocycles. The van der Waals surface area contributed by atoms with Gasteiger partial charge in [-0.15, -0.1) is 0 Å². The van der Waals surface area contributed by atoms with E-state index in [1.165, 1.54) is 0 Å². The third-order valence-electron chi connectivity index (χ3n) is 1.87. The van der Waals surface area contributed by atoms with Gasteiger partial charge < -0.3 is 9.84 Å². The molecule has 2 rings (SSSR count). The molecule has 0 bridgehead atoms. The maximum Gasteiger partial charge on any atom is 0.156 e. The Morgan fingerprint density at radius 3 is 3.07 bits per heavy atom. The third kappa shape index (κ3) is 2.56. The molecule has 0 aliphatic heterocycles. The highest BCUT2D eigenvalue weighted by Gasteiger charge is 2.02. The van der Waals surface area contributed by atoms with Crippen LogP contribution in [0.5, 0.6) is 0 Å². The van der Waals surface area contributed by atoms with Gasteiger partial charge >= 0.3 is 0 Å². The van der Waals surface area contributed by atoms with E-state index in [1.807, 2.05) is 25.1 Å². The molecule has 78 valence electrons. The van der Waals surface area contributed by atoms with Crippen LogP contribution in [0.15, 0.2) is 33.4 Å². The van der Waals surface area contributed by atoms with Gasteiger partial charge in [-0.25, -0.2) is 4.98 Å². The molecule has 0 aliphatic carbocycles. The van der Waals surface area contributed by atoms with Crippen LogP contribution in [0.25, 0.3) is 0 Å².